The number of hydrogen-bond acceptors (Lipinski definition) is 3. The molecule has 2 aliphatic rings. The second-order valence-corrected chi connectivity index (χ2v) is 5.69. The first-order valence-electron chi connectivity index (χ1n) is 6.42. The van der Waals surface area contributed by atoms with E-state index in [1.807, 2.05) is 0 Å². The summed E-state index contributed by atoms with van der Waals surface area (Å²) >= 11 is 3.37. The van der Waals surface area contributed by atoms with Gasteiger partial charge in [0.1, 0.15) is 5.52 Å². The molecule has 21 heavy (non-hydrogen) atoms. The maximum absolute atomic E-state index is 10.7. The number of carboxylic acids is 1. The van der Waals surface area contributed by atoms with Crippen LogP contribution in [0, 0.1) is 10.4 Å². The highest BCUT2D eigenvalue weighted by molar-refractivity contribution is 9.10. The minimum absolute atomic E-state index is 0.518. The Balaban J connectivity index is 0.000000156. The van der Waals surface area contributed by atoms with Crippen LogP contribution in [0.25, 0.3) is 11.1 Å². The number of rotatable bonds is 2. The minimum Gasteiger partial charge on any atom is -0.481 e. The van der Waals surface area contributed by atoms with Gasteiger partial charge in [-0.25, -0.2) is 4.98 Å². The number of aliphatic carboxylic acids is 1. The van der Waals surface area contributed by atoms with Crippen LogP contribution in [0.4, 0.5) is 0 Å². The topological polar surface area (TPSA) is 63.3 Å². The van der Waals surface area contributed by atoms with Gasteiger partial charge in [0.05, 0.1) is 5.92 Å². The van der Waals surface area contributed by atoms with Crippen molar-refractivity contribution >= 4 is 33.0 Å². The van der Waals surface area contributed by atoms with Crippen molar-refractivity contribution in [2.45, 2.75) is 12.8 Å². The molecule has 2 aliphatic carbocycles. The van der Waals surface area contributed by atoms with Crippen molar-refractivity contribution in [3.05, 3.63) is 63.3 Å². The average Bonchev–Trinajstić information content (AvgIpc) is 2.91. The van der Waals surface area contributed by atoms with Crippen molar-refractivity contribution in [1.82, 2.24) is 4.98 Å². The highest BCUT2D eigenvalue weighted by Gasteiger charge is 2.14. The number of fused-ring (bicyclic) bond motifs is 1. The molecule has 106 valence electrons. The van der Waals surface area contributed by atoms with Crippen LogP contribution in [0.15, 0.2) is 51.7 Å². The lowest BCUT2D eigenvalue weighted by Crippen LogP contribution is -2.06. The van der Waals surface area contributed by atoms with Gasteiger partial charge in [-0.15, -0.1) is 0 Å². The predicted molar refractivity (Wildman–Crippen MR) is 81.9 cm³/mol. The number of hydrogen-bond donors (Lipinski definition) is 1. The molecule has 0 spiro atoms. The zero-order valence-corrected chi connectivity index (χ0v) is 12.8. The van der Waals surface area contributed by atoms with Gasteiger partial charge in [0.15, 0.2) is 12.0 Å². The molecule has 0 saturated heterocycles. The SMILES string of the molecule is Brc1cc2ccc1=2.CC(C(=O)O)c1ccc2ocnc2c1. The fourth-order valence-corrected chi connectivity index (χ4v) is 2.64. The lowest BCUT2D eigenvalue weighted by atomic mass is 10.0. The summed E-state index contributed by atoms with van der Waals surface area (Å²) in [7, 11) is 0. The maximum Gasteiger partial charge on any atom is 0.310 e. The van der Waals surface area contributed by atoms with E-state index in [4.69, 9.17) is 9.52 Å². The number of oxazole rings is 1. The fourth-order valence-electron chi connectivity index (χ4n) is 2.03. The molecule has 4 nitrogen and oxygen atoms in total. The van der Waals surface area contributed by atoms with Crippen LogP contribution in [0.2, 0.25) is 0 Å². The molecule has 0 bridgehead atoms. The maximum atomic E-state index is 10.7. The lowest BCUT2D eigenvalue weighted by Gasteiger charge is -2.04. The molecule has 0 aliphatic heterocycles. The van der Waals surface area contributed by atoms with Crippen LogP contribution < -0.4 is 0 Å². The molecule has 1 unspecified atom stereocenters. The fraction of sp³-hybridized carbons (Fsp3) is 0.125. The molecule has 1 aromatic carbocycles. The van der Waals surface area contributed by atoms with Gasteiger partial charge in [-0.05, 0) is 41.1 Å². The molecule has 5 heteroatoms. The zero-order chi connectivity index (χ0) is 15.0. The van der Waals surface area contributed by atoms with Crippen molar-refractivity contribution in [2.75, 3.05) is 0 Å². The van der Waals surface area contributed by atoms with Gasteiger partial charge in [-0.2, -0.15) is 0 Å². The second kappa shape index (κ2) is 5.33. The van der Waals surface area contributed by atoms with Crippen molar-refractivity contribution < 1.29 is 14.3 Å². The standard InChI is InChI=1S/C10H9NO3.C6H3Br/c1-6(10(12)13)7-2-3-9-8(4-7)11-5-14-9;7-6-3-4-1-2-5(4)6/h2-6H,1H3,(H,12,13);1-3H. The van der Waals surface area contributed by atoms with Gasteiger partial charge in [0.25, 0.3) is 0 Å². The van der Waals surface area contributed by atoms with E-state index >= 15 is 0 Å². The van der Waals surface area contributed by atoms with Crippen LogP contribution in [0.3, 0.4) is 0 Å². The van der Waals surface area contributed by atoms with Crippen molar-refractivity contribution in [3.8, 4) is 0 Å². The smallest absolute Gasteiger partial charge is 0.310 e. The van der Waals surface area contributed by atoms with E-state index in [9.17, 15) is 4.79 Å². The monoisotopic (exact) mass is 345 g/mol. The van der Waals surface area contributed by atoms with Crippen molar-refractivity contribution in [1.29, 1.82) is 0 Å². The Bertz CT molecular complexity index is 917. The van der Waals surface area contributed by atoms with Gasteiger partial charge in [-0.3, -0.25) is 4.79 Å². The third-order valence-corrected chi connectivity index (χ3v) is 4.16. The van der Waals surface area contributed by atoms with Gasteiger partial charge in [-0.1, -0.05) is 34.1 Å². The summed E-state index contributed by atoms with van der Waals surface area (Å²) in [4.78, 5) is 14.7. The van der Waals surface area contributed by atoms with Crippen LogP contribution >= 0.6 is 15.9 Å². The number of benzene rings is 2. The lowest BCUT2D eigenvalue weighted by molar-refractivity contribution is -0.138. The largest absolute Gasteiger partial charge is 0.481 e. The summed E-state index contributed by atoms with van der Waals surface area (Å²) in [6.07, 6.45) is 1.35. The highest BCUT2D eigenvalue weighted by atomic mass is 79.9. The van der Waals surface area contributed by atoms with E-state index < -0.39 is 11.9 Å². The Morgan fingerprint density at radius 3 is 2.57 bits per heavy atom. The molecule has 0 amide bonds. The number of carboxylic acid groups (broad SMARTS) is 1. The van der Waals surface area contributed by atoms with E-state index in [1.54, 1.807) is 25.1 Å². The first kappa shape index (κ1) is 13.8. The summed E-state index contributed by atoms with van der Waals surface area (Å²) in [5, 5.41) is 11.6. The molecule has 1 aromatic heterocycles. The Hall–Kier alpha value is -2.14. The van der Waals surface area contributed by atoms with E-state index in [2.05, 4.69) is 39.1 Å². The predicted octanol–water partition coefficient (Wildman–Crippen LogP) is 4.07. The molecular weight excluding hydrogens is 334 g/mol. The molecule has 0 fully saturated rings. The summed E-state index contributed by atoms with van der Waals surface area (Å²) in [5.74, 6) is -1.36. The summed E-state index contributed by atoms with van der Waals surface area (Å²) in [5.41, 5.74) is 2.10. The summed E-state index contributed by atoms with van der Waals surface area (Å²) < 4.78 is 6.31. The van der Waals surface area contributed by atoms with E-state index in [-0.39, 0.29) is 0 Å². The second-order valence-electron chi connectivity index (χ2n) is 4.83. The summed E-state index contributed by atoms with van der Waals surface area (Å²) in [6, 6.07) is 11.6. The summed E-state index contributed by atoms with van der Waals surface area (Å²) in [6.45, 7) is 1.64. The molecule has 1 N–H and O–H groups in total. The molecule has 4 rings (SSSR count). The molecule has 1 heterocycles. The molecule has 0 saturated carbocycles. The van der Waals surface area contributed by atoms with Gasteiger partial charge >= 0.3 is 5.97 Å². The Morgan fingerprint density at radius 2 is 2.10 bits per heavy atom. The van der Waals surface area contributed by atoms with Crippen LogP contribution in [-0.4, -0.2) is 16.1 Å². The first-order valence-corrected chi connectivity index (χ1v) is 7.21. The van der Waals surface area contributed by atoms with Gasteiger partial charge < -0.3 is 9.52 Å². The molecule has 0 radical (unpaired) electrons. The Labute approximate surface area is 128 Å². The van der Waals surface area contributed by atoms with E-state index in [1.165, 1.54) is 21.3 Å². The van der Waals surface area contributed by atoms with Gasteiger partial charge in [0.2, 0.25) is 0 Å². The number of halogens is 1. The van der Waals surface area contributed by atoms with E-state index in [0.29, 0.717) is 11.1 Å². The molecule has 2 aromatic rings. The van der Waals surface area contributed by atoms with Crippen molar-refractivity contribution in [2.24, 2.45) is 0 Å². The quantitative estimate of drug-likeness (QED) is 0.594. The first-order chi connectivity index (χ1) is 10.1. The Kier molecular flexibility index (Phi) is 3.51. The third-order valence-electron chi connectivity index (χ3n) is 3.50. The number of carbonyl (C=O) groups is 1. The molecule has 1 atom stereocenters. The van der Waals surface area contributed by atoms with Crippen LogP contribution in [0.5, 0.6) is 0 Å². The zero-order valence-electron chi connectivity index (χ0n) is 11.2. The normalized spacial score (nSPS) is 12.5. The third kappa shape index (κ3) is 2.56. The van der Waals surface area contributed by atoms with Crippen LogP contribution in [-0.2, 0) is 4.79 Å². The van der Waals surface area contributed by atoms with E-state index in [0.717, 1.165) is 5.56 Å². The highest BCUT2D eigenvalue weighted by Crippen LogP contribution is 2.21. The number of nitrogens with zero attached hydrogens (tertiary/aromatic N) is 1. The van der Waals surface area contributed by atoms with Gasteiger partial charge in [0, 0.05) is 4.47 Å². The molecular formula is C16H12BrNO3. The minimum atomic E-state index is -0.840. The average molecular weight is 346 g/mol. The van der Waals surface area contributed by atoms with Crippen molar-refractivity contribution in [3.63, 3.8) is 0 Å². The van der Waals surface area contributed by atoms with Crippen LogP contribution in [0.1, 0.15) is 18.4 Å². The number of aromatic nitrogens is 1. The Morgan fingerprint density at radius 1 is 1.29 bits per heavy atom.